The average molecular weight is 337 g/mol. The smallest absolute Gasteiger partial charge is 0.0526 e. The fraction of sp³-hybridized carbons (Fsp3) is 0.250. The number of aryl methyl sites for hydroxylation is 1. The SMILES string of the molecule is Cc1cc(Br)c(N2CC(c3ccccc3)C2)cc1Cl. The van der Waals surface area contributed by atoms with Crippen molar-refractivity contribution in [1.82, 2.24) is 0 Å². The third-order valence-electron chi connectivity index (χ3n) is 3.72. The van der Waals surface area contributed by atoms with Gasteiger partial charge in [0.15, 0.2) is 0 Å². The summed E-state index contributed by atoms with van der Waals surface area (Å²) in [4.78, 5) is 2.37. The van der Waals surface area contributed by atoms with E-state index < -0.39 is 0 Å². The van der Waals surface area contributed by atoms with E-state index in [1.165, 1.54) is 11.3 Å². The third-order valence-corrected chi connectivity index (χ3v) is 4.76. The lowest BCUT2D eigenvalue weighted by molar-refractivity contribution is 0.524. The second kappa shape index (κ2) is 5.18. The molecule has 1 fully saturated rings. The van der Waals surface area contributed by atoms with Gasteiger partial charge in [-0.15, -0.1) is 0 Å². The Morgan fingerprint density at radius 2 is 1.84 bits per heavy atom. The molecule has 19 heavy (non-hydrogen) atoms. The Morgan fingerprint density at radius 1 is 1.16 bits per heavy atom. The van der Waals surface area contributed by atoms with Gasteiger partial charge in [0, 0.05) is 28.5 Å². The van der Waals surface area contributed by atoms with Crippen LogP contribution in [0.3, 0.4) is 0 Å². The fourth-order valence-electron chi connectivity index (χ4n) is 2.49. The highest BCUT2D eigenvalue weighted by Gasteiger charge is 2.29. The summed E-state index contributed by atoms with van der Waals surface area (Å²) in [5.74, 6) is 0.633. The summed E-state index contributed by atoms with van der Waals surface area (Å²) < 4.78 is 1.13. The van der Waals surface area contributed by atoms with Gasteiger partial charge >= 0.3 is 0 Å². The zero-order valence-electron chi connectivity index (χ0n) is 10.7. The molecule has 2 aromatic carbocycles. The van der Waals surface area contributed by atoms with Crippen LogP contribution in [0, 0.1) is 6.92 Å². The number of hydrogen-bond acceptors (Lipinski definition) is 1. The van der Waals surface area contributed by atoms with Crippen molar-refractivity contribution in [3.05, 3.63) is 63.1 Å². The molecule has 3 heteroatoms. The predicted molar refractivity (Wildman–Crippen MR) is 85.3 cm³/mol. The van der Waals surface area contributed by atoms with Gasteiger partial charge in [-0.05, 0) is 46.1 Å². The minimum atomic E-state index is 0.633. The van der Waals surface area contributed by atoms with E-state index in [0.29, 0.717) is 5.92 Å². The lowest BCUT2D eigenvalue weighted by Crippen LogP contribution is -2.45. The summed E-state index contributed by atoms with van der Waals surface area (Å²) in [6, 6.07) is 14.8. The number of anilines is 1. The molecular weight excluding hydrogens is 322 g/mol. The van der Waals surface area contributed by atoms with Crippen LogP contribution in [0.2, 0.25) is 5.02 Å². The first-order valence-corrected chi connectivity index (χ1v) is 7.58. The van der Waals surface area contributed by atoms with Gasteiger partial charge in [-0.25, -0.2) is 0 Å². The van der Waals surface area contributed by atoms with Gasteiger partial charge in [0.25, 0.3) is 0 Å². The molecular formula is C16H15BrClN. The molecule has 1 aliphatic heterocycles. The maximum Gasteiger partial charge on any atom is 0.0526 e. The van der Waals surface area contributed by atoms with Gasteiger partial charge in [-0.2, -0.15) is 0 Å². The molecule has 0 aromatic heterocycles. The Kier molecular flexibility index (Phi) is 3.55. The van der Waals surface area contributed by atoms with E-state index in [2.05, 4.69) is 63.3 Å². The highest BCUT2D eigenvalue weighted by atomic mass is 79.9. The lowest BCUT2D eigenvalue weighted by atomic mass is 9.91. The van der Waals surface area contributed by atoms with E-state index in [1.54, 1.807) is 0 Å². The number of rotatable bonds is 2. The number of nitrogens with zero attached hydrogens (tertiary/aromatic N) is 1. The lowest BCUT2D eigenvalue weighted by Gasteiger charge is -2.42. The van der Waals surface area contributed by atoms with Crippen LogP contribution in [0.4, 0.5) is 5.69 Å². The molecule has 1 saturated heterocycles. The Morgan fingerprint density at radius 3 is 2.53 bits per heavy atom. The first-order chi connectivity index (χ1) is 9.15. The van der Waals surface area contributed by atoms with Crippen molar-refractivity contribution in [1.29, 1.82) is 0 Å². The molecule has 3 rings (SSSR count). The highest BCUT2D eigenvalue weighted by molar-refractivity contribution is 9.10. The molecule has 0 saturated carbocycles. The molecule has 1 heterocycles. The first kappa shape index (κ1) is 13.0. The quantitative estimate of drug-likeness (QED) is 0.744. The van der Waals surface area contributed by atoms with E-state index in [4.69, 9.17) is 11.6 Å². The number of hydrogen-bond donors (Lipinski definition) is 0. The van der Waals surface area contributed by atoms with E-state index in [-0.39, 0.29) is 0 Å². The Balaban J connectivity index is 1.76. The molecule has 0 N–H and O–H groups in total. The van der Waals surface area contributed by atoms with E-state index >= 15 is 0 Å². The standard InChI is InChI=1S/C16H15BrClN/c1-11-7-14(17)16(8-15(11)18)19-9-13(10-19)12-5-3-2-4-6-12/h2-8,13H,9-10H2,1H3. The minimum Gasteiger partial charge on any atom is -0.369 e. The predicted octanol–water partition coefficient (Wildman–Crippen LogP) is 5.01. The van der Waals surface area contributed by atoms with Crippen molar-refractivity contribution >= 4 is 33.2 Å². The molecule has 0 amide bonds. The highest BCUT2D eigenvalue weighted by Crippen LogP contribution is 2.38. The van der Waals surface area contributed by atoms with Crippen LogP contribution in [0.1, 0.15) is 17.0 Å². The molecule has 0 radical (unpaired) electrons. The zero-order chi connectivity index (χ0) is 13.4. The zero-order valence-corrected chi connectivity index (χ0v) is 13.1. The molecule has 1 aliphatic rings. The molecule has 2 aromatic rings. The van der Waals surface area contributed by atoms with E-state index in [1.807, 2.05) is 6.92 Å². The molecule has 0 bridgehead atoms. The van der Waals surface area contributed by atoms with Crippen LogP contribution >= 0.6 is 27.5 Å². The van der Waals surface area contributed by atoms with Crippen LogP contribution in [0.25, 0.3) is 0 Å². The number of halogens is 2. The normalized spacial score (nSPS) is 15.4. The van der Waals surface area contributed by atoms with Crippen molar-refractivity contribution in [3.8, 4) is 0 Å². The summed E-state index contributed by atoms with van der Waals surface area (Å²) in [6.45, 7) is 4.14. The second-order valence-electron chi connectivity index (χ2n) is 5.07. The van der Waals surface area contributed by atoms with Crippen LogP contribution < -0.4 is 4.90 Å². The Labute approximate surface area is 127 Å². The van der Waals surface area contributed by atoms with E-state index in [0.717, 1.165) is 28.1 Å². The van der Waals surface area contributed by atoms with Crippen LogP contribution in [-0.2, 0) is 0 Å². The van der Waals surface area contributed by atoms with Crippen molar-refractivity contribution in [3.63, 3.8) is 0 Å². The van der Waals surface area contributed by atoms with Gasteiger partial charge in [-0.3, -0.25) is 0 Å². The van der Waals surface area contributed by atoms with Crippen molar-refractivity contribution in [2.75, 3.05) is 18.0 Å². The average Bonchev–Trinajstić information content (AvgIpc) is 2.35. The Bertz CT molecular complexity index is 591. The summed E-state index contributed by atoms with van der Waals surface area (Å²) in [5.41, 5.74) is 3.73. The molecule has 0 aliphatic carbocycles. The molecule has 98 valence electrons. The largest absolute Gasteiger partial charge is 0.369 e. The summed E-state index contributed by atoms with van der Waals surface area (Å²) >= 11 is 9.85. The van der Waals surface area contributed by atoms with Gasteiger partial charge in [0.05, 0.1) is 5.69 Å². The van der Waals surface area contributed by atoms with Gasteiger partial charge < -0.3 is 4.90 Å². The van der Waals surface area contributed by atoms with Crippen molar-refractivity contribution in [2.24, 2.45) is 0 Å². The summed E-state index contributed by atoms with van der Waals surface area (Å²) in [7, 11) is 0. The van der Waals surface area contributed by atoms with Gasteiger partial charge in [0.2, 0.25) is 0 Å². The minimum absolute atomic E-state index is 0.633. The van der Waals surface area contributed by atoms with Gasteiger partial charge in [0.1, 0.15) is 0 Å². The number of benzene rings is 2. The Hall–Kier alpha value is -0.990. The molecule has 0 unspecified atom stereocenters. The molecule has 0 spiro atoms. The third kappa shape index (κ3) is 2.52. The summed E-state index contributed by atoms with van der Waals surface area (Å²) in [6.07, 6.45) is 0. The fourth-order valence-corrected chi connectivity index (χ4v) is 3.36. The second-order valence-corrected chi connectivity index (χ2v) is 6.33. The molecule has 1 nitrogen and oxygen atoms in total. The maximum atomic E-state index is 6.22. The van der Waals surface area contributed by atoms with Crippen LogP contribution in [0.15, 0.2) is 46.9 Å². The van der Waals surface area contributed by atoms with Gasteiger partial charge in [-0.1, -0.05) is 41.9 Å². The van der Waals surface area contributed by atoms with Crippen LogP contribution in [-0.4, -0.2) is 13.1 Å². The molecule has 0 atom stereocenters. The monoisotopic (exact) mass is 335 g/mol. The van der Waals surface area contributed by atoms with Crippen molar-refractivity contribution in [2.45, 2.75) is 12.8 Å². The van der Waals surface area contributed by atoms with Crippen molar-refractivity contribution < 1.29 is 0 Å². The summed E-state index contributed by atoms with van der Waals surface area (Å²) in [5, 5.41) is 0.835. The van der Waals surface area contributed by atoms with Crippen LogP contribution in [0.5, 0.6) is 0 Å². The topological polar surface area (TPSA) is 3.24 Å². The maximum absolute atomic E-state index is 6.22. The van der Waals surface area contributed by atoms with E-state index in [9.17, 15) is 0 Å². The first-order valence-electron chi connectivity index (χ1n) is 6.40.